The smallest absolute Gasteiger partial charge is 0.285 e. The molecule has 0 amide bonds. The molecule has 0 fully saturated rings. The summed E-state index contributed by atoms with van der Waals surface area (Å²) < 4.78 is 27.0. The zero-order chi connectivity index (χ0) is 11.2. The molecule has 0 atom stereocenters. The average Bonchev–Trinajstić information content (AvgIpc) is 2.39. The summed E-state index contributed by atoms with van der Waals surface area (Å²) in [7, 11) is -0.0643. The lowest BCUT2D eigenvalue weighted by Crippen LogP contribution is -2.21. The summed E-state index contributed by atoms with van der Waals surface area (Å²) in [6.07, 6.45) is 0. The molecule has 0 saturated heterocycles. The molecule has 0 spiro atoms. The second-order valence-corrected chi connectivity index (χ2v) is 5.43. The van der Waals surface area contributed by atoms with Crippen LogP contribution in [0.4, 0.5) is 0 Å². The Balaban J connectivity index is 2.73. The molecular formula is C9H9ClN2O2S. The summed E-state index contributed by atoms with van der Waals surface area (Å²) in [5, 5.41) is 0.396. The van der Waals surface area contributed by atoms with Crippen LogP contribution in [-0.4, -0.2) is 33.2 Å². The van der Waals surface area contributed by atoms with Crippen LogP contribution in [0.25, 0.3) is 0 Å². The molecule has 0 saturated carbocycles. The minimum absolute atomic E-state index is 0.179. The second-order valence-electron chi connectivity index (χ2n) is 3.42. The Morgan fingerprint density at radius 2 is 2.00 bits per heavy atom. The zero-order valence-electron chi connectivity index (χ0n) is 8.23. The first-order chi connectivity index (χ1) is 6.92. The molecule has 15 heavy (non-hydrogen) atoms. The van der Waals surface area contributed by atoms with E-state index in [0.717, 1.165) is 0 Å². The summed E-state index contributed by atoms with van der Waals surface area (Å²) in [6.45, 7) is 0. The van der Waals surface area contributed by atoms with Gasteiger partial charge >= 0.3 is 0 Å². The Hall–Kier alpha value is -1.07. The van der Waals surface area contributed by atoms with Gasteiger partial charge in [-0.2, -0.15) is 8.42 Å². The van der Waals surface area contributed by atoms with Crippen molar-refractivity contribution >= 4 is 27.5 Å². The van der Waals surface area contributed by atoms with Gasteiger partial charge in [0.25, 0.3) is 10.0 Å². The van der Waals surface area contributed by atoms with E-state index in [-0.39, 0.29) is 4.90 Å². The second kappa shape index (κ2) is 3.21. The van der Waals surface area contributed by atoms with Gasteiger partial charge in [-0.1, -0.05) is 11.6 Å². The lowest BCUT2D eigenvalue weighted by molar-refractivity contribution is 0.597. The third-order valence-corrected chi connectivity index (χ3v) is 3.63. The predicted molar refractivity (Wildman–Crippen MR) is 58.9 cm³/mol. The van der Waals surface area contributed by atoms with Crippen LogP contribution < -0.4 is 0 Å². The van der Waals surface area contributed by atoms with Gasteiger partial charge < -0.3 is 4.90 Å². The number of halogens is 1. The molecule has 2 rings (SSSR count). The molecule has 80 valence electrons. The van der Waals surface area contributed by atoms with Crippen molar-refractivity contribution in [2.24, 2.45) is 4.40 Å². The van der Waals surface area contributed by atoms with E-state index in [0.29, 0.717) is 16.4 Å². The highest BCUT2D eigenvalue weighted by Gasteiger charge is 2.29. The third-order valence-electron chi connectivity index (χ3n) is 2.09. The fourth-order valence-corrected chi connectivity index (χ4v) is 2.97. The molecule has 0 aromatic heterocycles. The maximum Gasteiger partial charge on any atom is 0.285 e. The van der Waals surface area contributed by atoms with Crippen molar-refractivity contribution in [1.82, 2.24) is 4.90 Å². The van der Waals surface area contributed by atoms with Gasteiger partial charge in [-0.3, -0.25) is 0 Å². The van der Waals surface area contributed by atoms with E-state index in [2.05, 4.69) is 4.40 Å². The molecular weight excluding hydrogens is 236 g/mol. The van der Waals surface area contributed by atoms with Crippen LogP contribution in [-0.2, 0) is 10.0 Å². The molecule has 1 aromatic carbocycles. The van der Waals surface area contributed by atoms with Crippen LogP contribution in [0.3, 0.4) is 0 Å². The molecule has 1 aromatic rings. The Bertz CT molecular complexity index is 549. The molecule has 0 N–H and O–H groups in total. The topological polar surface area (TPSA) is 49.7 Å². The molecule has 0 unspecified atom stereocenters. The van der Waals surface area contributed by atoms with Crippen LogP contribution >= 0.6 is 11.6 Å². The van der Waals surface area contributed by atoms with E-state index < -0.39 is 10.0 Å². The van der Waals surface area contributed by atoms with Crippen molar-refractivity contribution in [3.63, 3.8) is 0 Å². The maximum atomic E-state index is 11.6. The van der Waals surface area contributed by atoms with E-state index >= 15 is 0 Å². The van der Waals surface area contributed by atoms with Crippen molar-refractivity contribution in [3.05, 3.63) is 28.8 Å². The minimum atomic E-state index is -3.56. The summed E-state index contributed by atoms with van der Waals surface area (Å²) in [5.41, 5.74) is 0.601. The normalized spacial score (nSPS) is 17.1. The zero-order valence-corrected chi connectivity index (χ0v) is 9.80. The molecule has 0 aliphatic carbocycles. The maximum absolute atomic E-state index is 11.6. The Morgan fingerprint density at radius 3 is 2.60 bits per heavy atom. The third kappa shape index (κ3) is 1.61. The van der Waals surface area contributed by atoms with Gasteiger partial charge in [0.1, 0.15) is 10.7 Å². The molecule has 1 aliphatic rings. The van der Waals surface area contributed by atoms with Gasteiger partial charge in [-0.15, -0.1) is 4.40 Å². The summed E-state index contributed by atoms with van der Waals surface area (Å²) >= 11 is 5.75. The minimum Gasteiger partial charge on any atom is -0.362 e. The number of nitrogens with zero attached hydrogens (tertiary/aromatic N) is 2. The van der Waals surface area contributed by atoms with Crippen molar-refractivity contribution < 1.29 is 8.42 Å². The quantitative estimate of drug-likeness (QED) is 0.692. The van der Waals surface area contributed by atoms with Gasteiger partial charge in [-0.05, 0) is 18.2 Å². The lowest BCUT2D eigenvalue weighted by Gasteiger charge is -2.11. The fraction of sp³-hybridized carbons (Fsp3) is 0.222. The lowest BCUT2D eigenvalue weighted by atomic mass is 10.2. The monoisotopic (exact) mass is 244 g/mol. The van der Waals surface area contributed by atoms with E-state index in [4.69, 9.17) is 11.6 Å². The summed E-state index contributed by atoms with van der Waals surface area (Å²) in [4.78, 5) is 1.84. The first-order valence-electron chi connectivity index (χ1n) is 4.24. The van der Waals surface area contributed by atoms with Crippen molar-refractivity contribution in [3.8, 4) is 0 Å². The Labute approximate surface area is 93.2 Å². The van der Waals surface area contributed by atoms with Gasteiger partial charge in [0.2, 0.25) is 0 Å². The number of hydrogen-bond acceptors (Lipinski definition) is 3. The SMILES string of the molecule is CN(C)C1=NS(=O)(=O)c2cc(Cl)ccc21. The highest BCUT2D eigenvalue weighted by Crippen LogP contribution is 2.29. The first kappa shape index (κ1) is 10.4. The highest BCUT2D eigenvalue weighted by atomic mass is 35.5. The number of benzene rings is 1. The van der Waals surface area contributed by atoms with Crippen molar-refractivity contribution in [2.45, 2.75) is 4.90 Å². The number of sulfonamides is 1. The van der Waals surface area contributed by atoms with Gasteiger partial charge in [0, 0.05) is 24.7 Å². The fourth-order valence-electron chi connectivity index (χ4n) is 1.43. The van der Waals surface area contributed by atoms with Crippen molar-refractivity contribution in [2.75, 3.05) is 14.1 Å². The average molecular weight is 245 g/mol. The summed E-state index contributed by atoms with van der Waals surface area (Å²) in [6, 6.07) is 4.74. The highest BCUT2D eigenvalue weighted by molar-refractivity contribution is 7.90. The van der Waals surface area contributed by atoms with Crippen LogP contribution in [0, 0.1) is 0 Å². The molecule has 0 bridgehead atoms. The van der Waals surface area contributed by atoms with E-state index in [9.17, 15) is 8.42 Å². The molecule has 0 radical (unpaired) electrons. The predicted octanol–water partition coefficient (Wildman–Crippen LogP) is 1.35. The standard InChI is InChI=1S/C9H9ClN2O2S/c1-12(2)9-7-4-3-6(10)5-8(7)15(13,14)11-9/h3-5H,1-2H3. The number of fused-ring (bicyclic) bond motifs is 1. The first-order valence-corrected chi connectivity index (χ1v) is 6.06. The number of hydrogen-bond donors (Lipinski definition) is 0. The van der Waals surface area contributed by atoms with Gasteiger partial charge in [0.15, 0.2) is 0 Å². The van der Waals surface area contributed by atoms with Gasteiger partial charge in [-0.25, -0.2) is 0 Å². The molecule has 1 heterocycles. The van der Waals surface area contributed by atoms with Crippen LogP contribution in [0.1, 0.15) is 5.56 Å². The number of amidine groups is 1. The summed E-state index contributed by atoms with van der Waals surface area (Å²) in [5.74, 6) is 0.446. The number of rotatable bonds is 0. The van der Waals surface area contributed by atoms with Gasteiger partial charge in [0.05, 0.1) is 0 Å². The van der Waals surface area contributed by atoms with E-state index in [1.54, 1.807) is 31.1 Å². The Morgan fingerprint density at radius 1 is 1.33 bits per heavy atom. The molecule has 1 aliphatic heterocycles. The van der Waals surface area contributed by atoms with E-state index in [1.165, 1.54) is 6.07 Å². The van der Waals surface area contributed by atoms with Crippen LogP contribution in [0.5, 0.6) is 0 Å². The van der Waals surface area contributed by atoms with Crippen molar-refractivity contribution in [1.29, 1.82) is 0 Å². The molecule has 4 nitrogen and oxygen atoms in total. The van der Waals surface area contributed by atoms with Crippen LogP contribution in [0.2, 0.25) is 5.02 Å². The Kier molecular flexibility index (Phi) is 2.24. The largest absolute Gasteiger partial charge is 0.362 e. The van der Waals surface area contributed by atoms with Crippen LogP contribution in [0.15, 0.2) is 27.5 Å². The molecule has 6 heteroatoms. The van der Waals surface area contributed by atoms with E-state index in [1.807, 2.05) is 0 Å².